The van der Waals surface area contributed by atoms with Crippen LogP contribution in [0, 0.1) is 0 Å². The molecule has 0 unspecified atom stereocenters. The Balaban J connectivity index is 2.01. The smallest absolute Gasteiger partial charge is 0.261 e. The molecule has 0 saturated heterocycles. The van der Waals surface area contributed by atoms with Crippen molar-refractivity contribution in [3.63, 3.8) is 0 Å². The Bertz CT molecular complexity index is 1010. The van der Waals surface area contributed by atoms with Crippen LogP contribution in [-0.4, -0.2) is 34.7 Å². The average molecular weight is 538 g/mol. The first-order valence-corrected chi connectivity index (χ1v) is 11.6. The number of thiophene rings is 2. The van der Waals surface area contributed by atoms with Crippen molar-refractivity contribution in [1.82, 2.24) is 9.80 Å². The monoisotopic (exact) mass is 536 g/mol. The number of carbonyl (C=O) groups is 2. The van der Waals surface area contributed by atoms with Gasteiger partial charge < -0.3 is 9.80 Å². The number of hydrogen-bond donors (Lipinski definition) is 0. The second-order valence-corrected chi connectivity index (χ2v) is 11.0. The lowest BCUT2D eigenvalue weighted by molar-refractivity contribution is -0.123. The van der Waals surface area contributed by atoms with Crippen LogP contribution in [0.25, 0.3) is 11.4 Å². The number of carbonyl (C=O) groups excluding carboxylic acids is 2. The molecule has 4 rings (SSSR count). The van der Waals surface area contributed by atoms with E-state index in [0.29, 0.717) is 35.6 Å². The summed E-state index contributed by atoms with van der Waals surface area (Å²) < 4.78 is 1.88. The van der Waals surface area contributed by atoms with Crippen molar-refractivity contribution in [2.45, 2.75) is 0 Å². The minimum Gasteiger partial charge on any atom is -0.302 e. The third kappa shape index (κ3) is 2.99. The lowest BCUT2D eigenvalue weighted by atomic mass is 10.1. The zero-order chi connectivity index (χ0) is 20.0. The fourth-order valence-corrected chi connectivity index (χ4v) is 6.29. The van der Waals surface area contributed by atoms with Gasteiger partial charge in [-0.3, -0.25) is 9.59 Å². The van der Waals surface area contributed by atoms with Crippen molar-refractivity contribution >= 4 is 77.7 Å². The maximum Gasteiger partial charge on any atom is 0.261 e. The summed E-state index contributed by atoms with van der Waals surface area (Å²) in [4.78, 5) is 31.8. The third-order valence-corrected chi connectivity index (χ3v) is 7.68. The molecule has 2 aliphatic rings. The fourth-order valence-electron chi connectivity index (χ4n) is 3.40. The molecule has 2 aromatic heterocycles. The van der Waals surface area contributed by atoms with Crippen LogP contribution >= 0.6 is 54.5 Å². The molecule has 28 heavy (non-hydrogen) atoms. The molecule has 0 bridgehead atoms. The summed E-state index contributed by atoms with van der Waals surface area (Å²) in [6.45, 7) is 8.24. The predicted molar refractivity (Wildman–Crippen MR) is 122 cm³/mol. The van der Waals surface area contributed by atoms with Crippen molar-refractivity contribution < 1.29 is 9.59 Å². The van der Waals surface area contributed by atoms with E-state index in [4.69, 9.17) is 0 Å². The largest absolute Gasteiger partial charge is 0.302 e. The summed E-state index contributed by atoms with van der Waals surface area (Å²) in [5.74, 6) is -0.345. The Kier molecular flexibility index (Phi) is 5.30. The van der Waals surface area contributed by atoms with Crippen LogP contribution in [0.4, 0.5) is 0 Å². The van der Waals surface area contributed by atoms with Gasteiger partial charge in [0.25, 0.3) is 11.8 Å². The molecule has 0 aliphatic carbocycles. The van der Waals surface area contributed by atoms with E-state index >= 15 is 0 Å². The quantitative estimate of drug-likeness (QED) is 0.455. The highest BCUT2D eigenvalue weighted by atomic mass is 79.9. The van der Waals surface area contributed by atoms with Gasteiger partial charge in [-0.25, -0.2) is 0 Å². The molecule has 4 heterocycles. The van der Waals surface area contributed by atoms with Gasteiger partial charge in [0, 0.05) is 13.1 Å². The molecule has 142 valence electrons. The first kappa shape index (κ1) is 19.6. The minimum absolute atomic E-state index is 0.172. The Morgan fingerprint density at radius 3 is 1.46 bits per heavy atom. The molecule has 0 aromatic carbocycles. The summed E-state index contributed by atoms with van der Waals surface area (Å²) in [6.07, 6.45) is 3.35. The topological polar surface area (TPSA) is 40.6 Å². The summed E-state index contributed by atoms with van der Waals surface area (Å²) in [6, 6.07) is 7.69. The molecule has 0 spiro atoms. The van der Waals surface area contributed by atoms with Gasteiger partial charge in [-0.15, -0.1) is 35.8 Å². The molecular formula is C20H14Br2N2O2S2. The normalized spacial score (nSPS) is 16.5. The number of hydrogen-bond acceptors (Lipinski definition) is 4. The van der Waals surface area contributed by atoms with Gasteiger partial charge in [0.2, 0.25) is 0 Å². The van der Waals surface area contributed by atoms with Crippen LogP contribution in [0.1, 0.15) is 9.75 Å². The molecule has 2 aliphatic heterocycles. The number of fused-ring (bicyclic) bond motifs is 1. The highest BCUT2D eigenvalue weighted by Crippen LogP contribution is 2.49. The second-order valence-electron chi connectivity index (χ2n) is 6.06. The van der Waals surface area contributed by atoms with Gasteiger partial charge >= 0.3 is 0 Å². The van der Waals surface area contributed by atoms with Crippen molar-refractivity contribution in [3.8, 4) is 0 Å². The van der Waals surface area contributed by atoms with Crippen LogP contribution < -0.4 is 0 Å². The van der Waals surface area contributed by atoms with Gasteiger partial charge in [-0.1, -0.05) is 12.2 Å². The van der Waals surface area contributed by atoms with Gasteiger partial charge in [-0.2, -0.15) is 0 Å². The standard InChI is InChI=1S/C20H14Br2N2O2S2/c1-3-9-23-17(11-5-7-13(21)27-11)15-16(19(23)25)18(12-6-8-14(22)28-12)24(10-4-2)20(15)26/h3-8H,1-2,9-10H2. The molecule has 0 saturated carbocycles. The van der Waals surface area contributed by atoms with E-state index in [-0.39, 0.29) is 11.8 Å². The van der Waals surface area contributed by atoms with E-state index in [2.05, 4.69) is 45.0 Å². The average Bonchev–Trinajstić information content (AvgIpc) is 3.39. The molecule has 8 heteroatoms. The van der Waals surface area contributed by atoms with Crippen LogP contribution in [0.5, 0.6) is 0 Å². The van der Waals surface area contributed by atoms with Gasteiger partial charge in [0.05, 0.1) is 39.9 Å². The lowest BCUT2D eigenvalue weighted by Crippen LogP contribution is -2.29. The SMILES string of the molecule is C=CCN1C(=O)C2=C(c3ccc(Br)s3)N(CC=C)C(=O)C2=C1c1ccc(Br)s1. The number of amides is 2. The highest BCUT2D eigenvalue weighted by Gasteiger charge is 2.48. The molecule has 0 radical (unpaired) electrons. The van der Waals surface area contributed by atoms with Crippen molar-refractivity contribution in [2.75, 3.05) is 13.1 Å². The molecule has 2 amide bonds. The Hall–Kier alpha value is -1.74. The zero-order valence-corrected chi connectivity index (χ0v) is 19.4. The van der Waals surface area contributed by atoms with E-state index in [1.807, 2.05) is 24.3 Å². The maximum atomic E-state index is 13.4. The third-order valence-electron chi connectivity index (χ3n) is 4.42. The molecule has 0 atom stereocenters. The molecule has 2 aromatic rings. The Morgan fingerprint density at radius 1 is 0.786 bits per heavy atom. The Morgan fingerprint density at radius 2 is 1.18 bits per heavy atom. The number of halogens is 2. The highest BCUT2D eigenvalue weighted by molar-refractivity contribution is 9.11. The van der Waals surface area contributed by atoms with Gasteiger partial charge in [-0.05, 0) is 56.1 Å². The van der Waals surface area contributed by atoms with Crippen LogP contribution in [0.15, 0.2) is 68.3 Å². The first-order valence-electron chi connectivity index (χ1n) is 8.33. The molecule has 0 fully saturated rings. The van der Waals surface area contributed by atoms with E-state index in [1.54, 1.807) is 22.0 Å². The number of nitrogens with zero attached hydrogens (tertiary/aromatic N) is 2. The predicted octanol–water partition coefficient (Wildman–Crippen LogP) is 5.51. The van der Waals surface area contributed by atoms with Crippen LogP contribution in [0.3, 0.4) is 0 Å². The van der Waals surface area contributed by atoms with Crippen LogP contribution in [-0.2, 0) is 9.59 Å². The lowest BCUT2D eigenvalue weighted by Gasteiger charge is -2.22. The van der Waals surface area contributed by atoms with E-state index < -0.39 is 0 Å². The van der Waals surface area contributed by atoms with Crippen LogP contribution in [0.2, 0.25) is 0 Å². The van der Waals surface area contributed by atoms with Crippen molar-refractivity contribution in [2.24, 2.45) is 0 Å². The van der Waals surface area contributed by atoms with Gasteiger partial charge in [0.1, 0.15) is 0 Å². The minimum atomic E-state index is -0.172. The molecule has 0 N–H and O–H groups in total. The summed E-state index contributed by atoms with van der Waals surface area (Å²) in [5.41, 5.74) is 2.23. The van der Waals surface area contributed by atoms with E-state index in [0.717, 1.165) is 17.3 Å². The fraction of sp³-hybridized carbons (Fsp3) is 0.100. The van der Waals surface area contributed by atoms with Gasteiger partial charge in [0.15, 0.2) is 0 Å². The van der Waals surface area contributed by atoms with E-state index in [9.17, 15) is 9.59 Å². The molecule has 4 nitrogen and oxygen atoms in total. The summed E-state index contributed by atoms with van der Waals surface area (Å²) in [7, 11) is 0. The number of rotatable bonds is 6. The molecular weight excluding hydrogens is 524 g/mol. The Labute approximate surface area is 187 Å². The summed E-state index contributed by atoms with van der Waals surface area (Å²) in [5, 5.41) is 0. The summed E-state index contributed by atoms with van der Waals surface area (Å²) >= 11 is 9.95. The second kappa shape index (κ2) is 7.59. The first-order chi connectivity index (χ1) is 13.5. The van der Waals surface area contributed by atoms with Crippen molar-refractivity contribution in [3.05, 3.63) is 78.0 Å². The maximum absolute atomic E-state index is 13.4. The van der Waals surface area contributed by atoms with Crippen molar-refractivity contribution in [1.29, 1.82) is 0 Å². The van der Waals surface area contributed by atoms with E-state index in [1.165, 1.54) is 22.7 Å². The zero-order valence-electron chi connectivity index (χ0n) is 14.6.